The standard InChI is InChI=1S/C26H35N6O13PS/c1-13(2)42-26(37)40-12-47-46(38,45-21-16(8-33)44-25(22(21)39-3)31-5-4-14(34)6-18(31)36)41-9-17-15(35)7-19(43-17)32-11-30-20-23(27)28-10-29-24(20)32/h4-5,10-11,13,15-17,19,21-22,25,33,35H,6-9,12H2,1-3H3,(H2,27,28,29)/t15?,16-,17-,19-,21?,22+,25?,46-/m1/s1. The van der Waals surface area contributed by atoms with Crippen LogP contribution in [0.25, 0.3) is 11.2 Å². The van der Waals surface area contributed by atoms with E-state index in [1.807, 2.05) is 0 Å². The Morgan fingerprint density at radius 1 is 1.21 bits per heavy atom. The largest absolute Gasteiger partial charge is 0.509 e. The summed E-state index contributed by atoms with van der Waals surface area (Å²) in [4.78, 5) is 49.8. The molecular formula is C26H35N6O13PS. The molecule has 19 nitrogen and oxygen atoms in total. The minimum atomic E-state index is -4.37. The van der Waals surface area contributed by atoms with E-state index in [0.717, 1.165) is 4.90 Å². The highest BCUT2D eigenvalue weighted by Gasteiger charge is 2.52. The van der Waals surface area contributed by atoms with E-state index >= 15 is 0 Å². The lowest BCUT2D eigenvalue weighted by molar-refractivity contribution is -0.149. The molecule has 3 aliphatic rings. The first-order valence-electron chi connectivity index (χ1n) is 14.4. The van der Waals surface area contributed by atoms with E-state index in [9.17, 15) is 29.2 Å². The highest BCUT2D eigenvalue weighted by Crippen LogP contribution is 2.63. The number of carbonyl (C=O) groups excluding carboxylic acids is 3. The van der Waals surface area contributed by atoms with Gasteiger partial charge in [-0.1, -0.05) is 0 Å². The predicted molar refractivity (Wildman–Crippen MR) is 160 cm³/mol. The van der Waals surface area contributed by atoms with Crippen LogP contribution in [0.3, 0.4) is 0 Å². The fourth-order valence-electron chi connectivity index (χ4n) is 5.12. The van der Waals surface area contributed by atoms with Gasteiger partial charge in [0.05, 0.1) is 38.2 Å². The fourth-order valence-corrected chi connectivity index (χ4v) is 7.91. The number of allylic oxidation sites excluding steroid dienone is 1. The topological polar surface area (TPSA) is 246 Å². The molecule has 1 amide bonds. The number of aliphatic hydroxyl groups is 2. The number of nitrogens with zero attached hydrogens (tertiary/aromatic N) is 5. The van der Waals surface area contributed by atoms with E-state index in [-0.39, 0.29) is 12.2 Å². The van der Waals surface area contributed by atoms with Gasteiger partial charge in [0.15, 0.2) is 29.4 Å². The van der Waals surface area contributed by atoms with Crippen LogP contribution in [0, 0.1) is 0 Å². The summed E-state index contributed by atoms with van der Waals surface area (Å²) in [7, 11) is 1.30. The van der Waals surface area contributed by atoms with Crippen molar-refractivity contribution in [2.45, 2.75) is 75.8 Å². The summed E-state index contributed by atoms with van der Waals surface area (Å²) in [5.74, 6) is -1.33. The third-order valence-electron chi connectivity index (χ3n) is 7.31. The second-order valence-electron chi connectivity index (χ2n) is 10.8. The minimum Gasteiger partial charge on any atom is -0.432 e. The zero-order valence-corrected chi connectivity index (χ0v) is 27.2. The summed E-state index contributed by atoms with van der Waals surface area (Å²) in [5, 5.41) is 20.9. The van der Waals surface area contributed by atoms with Gasteiger partial charge in [-0.05, 0) is 19.9 Å². The maximum Gasteiger partial charge on any atom is 0.509 e. The Kier molecular flexibility index (Phi) is 11.1. The molecule has 5 heterocycles. The molecule has 5 rings (SSSR count). The van der Waals surface area contributed by atoms with Crippen molar-refractivity contribution in [3.8, 4) is 0 Å². The van der Waals surface area contributed by atoms with Gasteiger partial charge in [0, 0.05) is 31.1 Å². The molecule has 47 heavy (non-hydrogen) atoms. The Morgan fingerprint density at radius 2 is 2.00 bits per heavy atom. The molecule has 2 aromatic rings. The molecule has 0 aliphatic carbocycles. The van der Waals surface area contributed by atoms with Crippen molar-refractivity contribution in [2.24, 2.45) is 0 Å². The van der Waals surface area contributed by atoms with Gasteiger partial charge in [0.2, 0.25) is 5.91 Å². The van der Waals surface area contributed by atoms with Crippen molar-refractivity contribution in [1.82, 2.24) is 24.4 Å². The van der Waals surface area contributed by atoms with E-state index < -0.39 is 99.3 Å². The Hall–Kier alpha value is -3.20. The molecule has 2 aromatic heterocycles. The first kappa shape index (κ1) is 35.1. The van der Waals surface area contributed by atoms with Gasteiger partial charge in [0.25, 0.3) is 0 Å². The molecule has 0 aromatic carbocycles. The first-order chi connectivity index (χ1) is 22.4. The van der Waals surface area contributed by atoms with Crippen LogP contribution in [0.5, 0.6) is 0 Å². The maximum atomic E-state index is 14.2. The second kappa shape index (κ2) is 14.9. The quantitative estimate of drug-likeness (QED) is 0.113. The number of rotatable bonds is 13. The number of amides is 1. The molecule has 0 radical (unpaired) electrons. The maximum absolute atomic E-state index is 14.2. The van der Waals surface area contributed by atoms with Crippen LogP contribution in [0.4, 0.5) is 10.6 Å². The van der Waals surface area contributed by atoms with Crippen molar-refractivity contribution in [3.05, 3.63) is 24.9 Å². The average Bonchev–Trinajstić information content (AvgIpc) is 3.71. The summed E-state index contributed by atoms with van der Waals surface area (Å²) in [6.07, 6.45) is -4.16. The average molecular weight is 703 g/mol. The number of nitrogen functional groups attached to an aromatic ring is 1. The lowest BCUT2D eigenvalue weighted by atomic mass is 10.1. The lowest BCUT2D eigenvalue weighted by Crippen LogP contribution is -2.47. The predicted octanol–water partition coefficient (Wildman–Crippen LogP) is 0.866. The molecule has 258 valence electrons. The Morgan fingerprint density at radius 3 is 2.70 bits per heavy atom. The summed E-state index contributed by atoms with van der Waals surface area (Å²) < 4.78 is 54.9. The van der Waals surface area contributed by atoms with Crippen LogP contribution in [-0.4, -0.2) is 122 Å². The number of aromatic nitrogens is 4. The van der Waals surface area contributed by atoms with Gasteiger partial charge in [-0.3, -0.25) is 28.1 Å². The fraction of sp³-hybridized carbons (Fsp3) is 0.615. The first-order valence-corrected chi connectivity index (χ1v) is 17.5. The van der Waals surface area contributed by atoms with Crippen molar-refractivity contribution >= 4 is 53.0 Å². The number of fused-ring (bicyclic) bond motifs is 1. The van der Waals surface area contributed by atoms with E-state index in [1.54, 1.807) is 18.4 Å². The van der Waals surface area contributed by atoms with E-state index in [2.05, 4.69) is 15.0 Å². The van der Waals surface area contributed by atoms with E-state index in [4.69, 9.17) is 38.5 Å². The van der Waals surface area contributed by atoms with Crippen LogP contribution in [0.1, 0.15) is 32.9 Å². The number of methoxy groups -OCH3 is 1. The molecule has 2 saturated heterocycles. The van der Waals surface area contributed by atoms with Crippen LogP contribution in [0.15, 0.2) is 24.9 Å². The van der Waals surface area contributed by atoms with E-state index in [1.165, 1.54) is 32.0 Å². The molecule has 0 bridgehead atoms. The number of hydrogen-bond acceptors (Lipinski definition) is 18. The minimum absolute atomic E-state index is 0.0994. The van der Waals surface area contributed by atoms with Gasteiger partial charge in [0.1, 0.15) is 42.5 Å². The number of anilines is 1. The highest BCUT2D eigenvalue weighted by molar-refractivity contribution is 8.55. The molecule has 2 fully saturated rings. The van der Waals surface area contributed by atoms with Gasteiger partial charge in [-0.2, -0.15) is 0 Å². The van der Waals surface area contributed by atoms with Crippen LogP contribution >= 0.6 is 18.2 Å². The van der Waals surface area contributed by atoms with Crippen molar-refractivity contribution < 1.29 is 61.9 Å². The normalized spacial score (nSPS) is 29.1. The van der Waals surface area contributed by atoms with Crippen LogP contribution < -0.4 is 5.73 Å². The van der Waals surface area contributed by atoms with Crippen molar-refractivity contribution in [3.63, 3.8) is 0 Å². The lowest BCUT2D eigenvalue weighted by Gasteiger charge is -2.31. The Bertz CT molecular complexity index is 1540. The summed E-state index contributed by atoms with van der Waals surface area (Å²) >= 11 is 0.488. The number of carbonyl (C=O) groups is 3. The smallest absolute Gasteiger partial charge is 0.432 e. The molecule has 3 aliphatic heterocycles. The van der Waals surface area contributed by atoms with Crippen molar-refractivity contribution in [1.29, 1.82) is 0 Å². The van der Waals surface area contributed by atoms with E-state index in [0.29, 0.717) is 22.5 Å². The Balaban J connectivity index is 1.32. The number of nitrogens with two attached hydrogens (primary N) is 1. The number of ketones is 1. The molecule has 4 N–H and O–H groups in total. The number of imidazole rings is 1. The third-order valence-corrected chi connectivity index (χ3v) is 10.7. The molecule has 3 unspecified atom stereocenters. The van der Waals surface area contributed by atoms with Gasteiger partial charge >= 0.3 is 13.0 Å². The molecule has 8 atom stereocenters. The SMILES string of the molecule is CO[C@H]1C(O[P@@](=O)(OC[C@H]2O[C@@H](n3cnc4c(N)ncnc43)CC2O)SCOC(=O)OC(C)C)[C@@H](CO)OC1N1C=CC(=O)CC1=O. The van der Waals surface area contributed by atoms with Crippen LogP contribution in [-0.2, 0) is 46.9 Å². The van der Waals surface area contributed by atoms with Crippen LogP contribution in [0.2, 0.25) is 0 Å². The molecule has 0 spiro atoms. The van der Waals surface area contributed by atoms with Gasteiger partial charge < -0.3 is 39.6 Å². The number of hydrogen-bond donors (Lipinski definition) is 3. The number of aliphatic hydroxyl groups excluding tert-OH is 2. The van der Waals surface area contributed by atoms with Crippen molar-refractivity contribution in [2.75, 3.05) is 32.0 Å². The summed E-state index contributed by atoms with van der Waals surface area (Å²) in [6, 6.07) is 0. The zero-order chi connectivity index (χ0) is 33.9. The molecular weight excluding hydrogens is 667 g/mol. The third kappa shape index (κ3) is 7.93. The summed E-state index contributed by atoms with van der Waals surface area (Å²) in [6.45, 7) is -2.21. The highest BCUT2D eigenvalue weighted by atomic mass is 32.7. The second-order valence-corrected chi connectivity index (χ2v) is 14.8. The number of ether oxygens (including phenoxy) is 5. The monoisotopic (exact) mass is 702 g/mol. The summed E-state index contributed by atoms with van der Waals surface area (Å²) in [5.41, 5.74) is 6.61. The zero-order valence-electron chi connectivity index (χ0n) is 25.5. The Labute approximate surface area is 271 Å². The molecule has 0 saturated carbocycles. The van der Waals surface area contributed by atoms with Gasteiger partial charge in [-0.15, -0.1) is 0 Å². The molecule has 21 heteroatoms. The van der Waals surface area contributed by atoms with Gasteiger partial charge in [-0.25, -0.2) is 24.3 Å².